The summed E-state index contributed by atoms with van der Waals surface area (Å²) in [5.74, 6) is 0.306. The molecule has 1 aliphatic heterocycles. The minimum absolute atomic E-state index is 0.0572. The Morgan fingerprint density at radius 3 is 2.82 bits per heavy atom. The normalized spacial score (nSPS) is 17.2. The van der Waals surface area contributed by atoms with Crippen LogP contribution in [0.4, 0.5) is 4.39 Å². The Morgan fingerprint density at radius 2 is 2.07 bits per heavy atom. The number of benzene rings is 1. The van der Waals surface area contributed by atoms with Crippen LogP contribution in [0.5, 0.6) is 0 Å². The molecule has 1 saturated heterocycles. The molecule has 0 spiro atoms. The van der Waals surface area contributed by atoms with Gasteiger partial charge in [0.25, 0.3) is 5.56 Å². The maximum atomic E-state index is 13.2. The van der Waals surface area contributed by atoms with Gasteiger partial charge in [-0.05, 0) is 50.5 Å². The Morgan fingerprint density at radius 1 is 1.29 bits per heavy atom. The molecule has 1 aliphatic rings. The number of hydrogen-bond acceptors (Lipinski definition) is 5. The summed E-state index contributed by atoms with van der Waals surface area (Å²) in [5, 5.41) is 3.12. The van der Waals surface area contributed by atoms with E-state index in [1.54, 1.807) is 12.1 Å². The number of thioether (sulfide) groups is 1. The molecule has 0 radical (unpaired) electrons. The second-order valence-corrected chi connectivity index (χ2v) is 7.81. The van der Waals surface area contributed by atoms with Gasteiger partial charge in [0.1, 0.15) is 5.82 Å². The molecule has 4 rings (SSSR count). The van der Waals surface area contributed by atoms with Gasteiger partial charge in [-0.3, -0.25) is 14.7 Å². The van der Waals surface area contributed by atoms with E-state index in [0.717, 1.165) is 25.8 Å². The summed E-state index contributed by atoms with van der Waals surface area (Å²) in [6, 6.07) is 7.45. The van der Waals surface area contributed by atoms with Crippen molar-refractivity contribution in [1.29, 1.82) is 0 Å². The second kappa shape index (κ2) is 7.75. The van der Waals surface area contributed by atoms with Crippen LogP contribution >= 0.6 is 11.8 Å². The third-order valence-corrected chi connectivity index (χ3v) is 5.80. The SMILES string of the molecule is C[C@H]1CCCCN1C(=O)CSc1nc(-c2ccc(F)cc2)nc2cc(=O)[nH]n12. The Kier molecular flexibility index (Phi) is 5.17. The quantitative estimate of drug-likeness (QED) is 0.680. The van der Waals surface area contributed by atoms with Gasteiger partial charge in [-0.2, -0.15) is 0 Å². The Hall–Kier alpha value is -2.68. The molecule has 3 heterocycles. The lowest BCUT2D eigenvalue weighted by Crippen LogP contribution is -2.43. The van der Waals surface area contributed by atoms with E-state index in [4.69, 9.17) is 0 Å². The number of H-pyrrole nitrogens is 1. The monoisotopic (exact) mass is 401 g/mol. The van der Waals surface area contributed by atoms with E-state index in [1.165, 1.54) is 34.5 Å². The topological polar surface area (TPSA) is 83.4 Å². The molecular weight excluding hydrogens is 381 g/mol. The Balaban J connectivity index is 1.62. The fraction of sp³-hybridized carbons (Fsp3) is 0.368. The van der Waals surface area contributed by atoms with Crippen molar-refractivity contribution >= 4 is 23.3 Å². The maximum absolute atomic E-state index is 13.2. The molecule has 9 heteroatoms. The predicted molar refractivity (Wildman–Crippen MR) is 105 cm³/mol. The summed E-state index contributed by atoms with van der Waals surface area (Å²) in [7, 11) is 0. The average Bonchev–Trinajstić information content (AvgIpc) is 3.07. The van der Waals surface area contributed by atoms with Gasteiger partial charge in [0, 0.05) is 24.2 Å². The third-order valence-electron chi connectivity index (χ3n) is 4.88. The summed E-state index contributed by atoms with van der Waals surface area (Å²) >= 11 is 1.26. The highest BCUT2D eigenvalue weighted by Gasteiger charge is 2.23. The number of fused-ring (bicyclic) bond motifs is 1. The van der Waals surface area contributed by atoms with Crippen LogP contribution in [-0.4, -0.2) is 48.7 Å². The zero-order chi connectivity index (χ0) is 19.7. The molecule has 1 aromatic carbocycles. The molecule has 146 valence electrons. The molecule has 1 N–H and O–H groups in total. The van der Waals surface area contributed by atoms with Crippen LogP contribution in [0.25, 0.3) is 17.0 Å². The first kappa shape index (κ1) is 18.7. The number of carbonyl (C=O) groups is 1. The van der Waals surface area contributed by atoms with Gasteiger partial charge in [-0.1, -0.05) is 11.8 Å². The van der Waals surface area contributed by atoms with Crippen LogP contribution in [0.2, 0.25) is 0 Å². The van der Waals surface area contributed by atoms with Crippen molar-refractivity contribution in [2.45, 2.75) is 37.4 Å². The van der Waals surface area contributed by atoms with Crippen molar-refractivity contribution in [1.82, 2.24) is 24.5 Å². The van der Waals surface area contributed by atoms with Crippen molar-refractivity contribution < 1.29 is 9.18 Å². The first-order valence-corrected chi connectivity index (χ1v) is 10.2. The molecule has 0 aliphatic carbocycles. The molecule has 1 fully saturated rings. The van der Waals surface area contributed by atoms with E-state index < -0.39 is 0 Å². The van der Waals surface area contributed by atoms with E-state index in [0.29, 0.717) is 22.2 Å². The van der Waals surface area contributed by atoms with Crippen molar-refractivity contribution in [3.63, 3.8) is 0 Å². The first-order valence-electron chi connectivity index (χ1n) is 9.19. The van der Waals surface area contributed by atoms with Crippen LogP contribution in [0.3, 0.4) is 0 Å². The molecule has 0 unspecified atom stereocenters. The second-order valence-electron chi connectivity index (χ2n) is 6.87. The number of nitrogens with one attached hydrogen (secondary N) is 1. The van der Waals surface area contributed by atoms with Crippen molar-refractivity contribution in [3.05, 3.63) is 46.5 Å². The van der Waals surface area contributed by atoms with Crippen LogP contribution < -0.4 is 5.56 Å². The highest BCUT2D eigenvalue weighted by atomic mass is 32.2. The lowest BCUT2D eigenvalue weighted by Gasteiger charge is -2.33. The van der Waals surface area contributed by atoms with Gasteiger partial charge in [-0.15, -0.1) is 0 Å². The molecule has 0 saturated carbocycles. The van der Waals surface area contributed by atoms with Crippen LogP contribution in [0.15, 0.2) is 40.3 Å². The zero-order valence-electron chi connectivity index (χ0n) is 15.4. The molecule has 0 bridgehead atoms. The van der Waals surface area contributed by atoms with Gasteiger partial charge < -0.3 is 4.90 Å². The molecule has 28 heavy (non-hydrogen) atoms. The largest absolute Gasteiger partial charge is 0.339 e. The number of carbonyl (C=O) groups excluding carboxylic acids is 1. The van der Waals surface area contributed by atoms with Crippen molar-refractivity contribution in [2.24, 2.45) is 0 Å². The number of amides is 1. The standard InChI is InChI=1S/C19H20FN5O2S/c1-12-4-2-3-9-24(12)17(27)11-28-19-22-18(13-5-7-14(20)8-6-13)21-15-10-16(26)23-25(15)19/h5-8,10,12H,2-4,9,11H2,1H3,(H,23,26)/t12-/m0/s1. The van der Waals surface area contributed by atoms with Crippen LogP contribution in [0, 0.1) is 5.82 Å². The third kappa shape index (κ3) is 3.80. The average molecular weight is 401 g/mol. The summed E-state index contributed by atoms with van der Waals surface area (Å²) in [6.45, 7) is 2.85. The van der Waals surface area contributed by atoms with Crippen LogP contribution in [-0.2, 0) is 4.79 Å². The van der Waals surface area contributed by atoms with Crippen molar-refractivity contribution in [2.75, 3.05) is 12.3 Å². The molecule has 3 aromatic rings. The number of rotatable bonds is 4. The van der Waals surface area contributed by atoms with Gasteiger partial charge >= 0.3 is 0 Å². The Bertz CT molecular complexity index is 1060. The van der Waals surface area contributed by atoms with E-state index >= 15 is 0 Å². The number of aromatic amines is 1. The Labute approximate surface area is 165 Å². The highest BCUT2D eigenvalue weighted by molar-refractivity contribution is 7.99. The van der Waals surface area contributed by atoms with Gasteiger partial charge in [0.2, 0.25) is 5.91 Å². The molecule has 1 amide bonds. The minimum atomic E-state index is -0.349. The number of hydrogen-bond donors (Lipinski definition) is 1. The summed E-state index contributed by atoms with van der Waals surface area (Å²) in [6.07, 6.45) is 3.20. The lowest BCUT2D eigenvalue weighted by molar-refractivity contribution is -0.131. The van der Waals surface area contributed by atoms with Gasteiger partial charge in [0.15, 0.2) is 16.6 Å². The predicted octanol–water partition coefficient (Wildman–Crippen LogP) is 2.72. The summed E-state index contributed by atoms with van der Waals surface area (Å²) < 4.78 is 14.7. The van der Waals surface area contributed by atoms with Crippen molar-refractivity contribution in [3.8, 4) is 11.4 Å². The highest BCUT2D eigenvalue weighted by Crippen LogP contribution is 2.23. The smallest absolute Gasteiger partial charge is 0.266 e. The minimum Gasteiger partial charge on any atom is -0.339 e. The van der Waals surface area contributed by atoms with E-state index in [9.17, 15) is 14.0 Å². The first-order chi connectivity index (χ1) is 13.5. The summed E-state index contributed by atoms with van der Waals surface area (Å²) in [5.41, 5.74) is 0.736. The maximum Gasteiger partial charge on any atom is 0.266 e. The zero-order valence-corrected chi connectivity index (χ0v) is 16.2. The van der Waals surface area contributed by atoms with E-state index in [2.05, 4.69) is 22.0 Å². The number of nitrogens with zero attached hydrogens (tertiary/aromatic N) is 4. The van der Waals surface area contributed by atoms with E-state index in [1.807, 2.05) is 4.90 Å². The van der Waals surface area contributed by atoms with Gasteiger partial charge in [0.05, 0.1) is 5.75 Å². The lowest BCUT2D eigenvalue weighted by atomic mass is 10.0. The number of halogens is 1. The number of likely N-dealkylation sites (tertiary alicyclic amines) is 1. The number of aromatic nitrogens is 4. The molecular formula is C19H20FN5O2S. The van der Waals surface area contributed by atoms with Gasteiger partial charge in [-0.25, -0.2) is 18.9 Å². The fourth-order valence-electron chi connectivity index (χ4n) is 3.39. The molecule has 2 aromatic heterocycles. The fourth-order valence-corrected chi connectivity index (χ4v) is 4.22. The van der Waals surface area contributed by atoms with E-state index in [-0.39, 0.29) is 29.1 Å². The molecule has 7 nitrogen and oxygen atoms in total. The summed E-state index contributed by atoms with van der Waals surface area (Å²) in [4.78, 5) is 35.2. The number of piperidine rings is 1. The molecule has 1 atom stereocenters. The van der Waals surface area contributed by atoms with Crippen LogP contribution in [0.1, 0.15) is 26.2 Å².